The molecule has 2 atom stereocenters. The normalized spacial score (nSPS) is 26.7. The van der Waals surface area contributed by atoms with Crippen LogP contribution in [-0.2, 0) is 23.8 Å². The molecule has 0 bridgehead atoms. The van der Waals surface area contributed by atoms with Crippen molar-refractivity contribution in [2.45, 2.75) is 56.1 Å². The van der Waals surface area contributed by atoms with Crippen LogP contribution in [-0.4, -0.2) is 52.0 Å². The summed E-state index contributed by atoms with van der Waals surface area (Å²) < 4.78 is 14.1. The first-order chi connectivity index (χ1) is 9.57. The van der Waals surface area contributed by atoms with Gasteiger partial charge in [0.15, 0.2) is 0 Å². The second kappa shape index (κ2) is 5.08. The van der Waals surface area contributed by atoms with Crippen LogP contribution in [0.1, 0.15) is 34.1 Å². The van der Waals surface area contributed by atoms with Crippen LogP contribution in [0.4, 0.5) is 4.79 Å². The number of esters is 1. The number of amides is 1. The van der Waals surface area contributed by atoms with Crippen molar-refractivity contribution in [3.05, 3.63) is 0 Å². The summed E-state index contributed by atoms with van der Waals surface area (Å²) in [7, 11) is 1.17. The molecule has 2 saturated heterocycles. The topological polar surface area (TPSA) is 82.1 Å². The minimum Gasteiger partial charge on any atom is -0.438 e. The Morgan fingerprint density at radius 2 is 1.95 bits per heavy atom. The number of rotatable bonds is 3. The Labute approximate surface area is 127 Å². The number of carbonyl (C=O) groups is 3. The highest BCUT2D eigenvalue weighted by molar-refractivity contribution is 8.01. The standard InChI is InChI=1S/C13H19NO6S/c1-12(2)9(14-7(15)6-8(14)21-12)10(16)19-13(3,4)20-11(17)18-5/h8-9H,6H2,1-5H3/t8-,9+/m1/s1. The fourth-order valence-electron chi connectivity index (χ4n) is 2.52. The molecule has 21 heavy (non-hydrogen) atoms. The Kier molecular flexibility index (Phi) is 3.86. The van der Waals surface area contributed by atoms with E-state index < -0.39 is 28.7 Å². The average molecular weight is 317 g/mol. The summed E-state index contributed by atoms with van der Waals surface area (Å²) in [5.41, 5.74) is 0. The van der Waals surface area contributed by atoms with Crippen LogP contribution in [0.25, 0.3) is 0 Å². The van der Waals surface area contributed by atoms with Crippen molar-refractivity contribution in [2.24, 2.45) is 0 Å². The number of thioether (sulfide) groups is 1. The van der Waals surface area contributed by atoms with E-state index in [-0.39, 0.29) is 11.3 Å². The molecule has 2 aliphatic heterocycles. The van der Waals surface area contributed by atoms with Crippen molar-refractivity contribution in [3.8, 4) is 0 Å². The summed E-state index contributed by atoms with van der Waals surface area (Å²) in [6.07, 6.45) is -0.495. The van der Waals surface area contributed by atoms with Gasteiger partial charge in [-0.3, -0.25) is 4.79 Å². The van der Waals surface area contributed by atoms with Gasteiger partial charge < -0.3 is 19.1 Å². The molecule has 2 aliphatic rings. The maximum atomic E-state index is 12.4. The average Bonchev–Trinajstić information content (AvgIpc) is 2.54. The molecule has 2 heterocycles. The molecule has 0 aliphatic carbocycles. The minimum absolute atomic E-state index is 0.0229. The third kappa shape index (κ3) is 2.95. The first-order valence-electron chi connectivity index (χ1n) is 6.56. The maximum absolute atomic E-state index is 12.4. The van der Waals surface area contributed by atoms with Gasteiger partial charge in [0.2, 0.25) is 5.91 Å². The van der Waals surface area contributed by atoms with Crippen LogP contribution in [0.2, 0.25) is 0 Å². The number of hydrogen-bond acceptors (Lipinski definition) is 7. The van der Waals surface area contributed by atoms with Crippen LogP contribution in [0, 0.1) is 0 Å². The van der Waals surface area contributed by atoms with E-state index >= 15 is 0 Å². The number of carbonyl (C=O) groups excluding carboxylic acids is 3. The molecule has 0 aromatic rings. The molecule has 0 unspecified atom stereocenters. The van der Waals surface area contributed by atoms with E-state index in [1.165, 1.54) is 21.0 Å². The van der Waals surface area contributed by atoms with Crippen LogP contribution in [0.5, 0.6) is 0 Å². The maximum Gasteiger partial charge on any atom is 0.511 e. The first kappa shape index (κ1) is 15.9. The van der Waals surface area contributed by atoms with Gasteiger partial charge in [-0.25, -0.2) is 9.59 Å². The van der Waals surface area contributed by atoms with E-state index in [4.69, 9.17) is 9.47 Å². The molecular weight excluding hydrogens is 298 g/mol. The van der Waals surface area contributed by atoms with Gasteiger partial charge in [-0.1, -0.05) is 0 Å². The molecule has 0 spiro atoms. The number of hydrogen-bond donors (Lipinski definition) is 0. The van der Waals surface area contributed by atoms with Crippen LogP contribution >= 0.6 is 11.8 Å². The number of nitrogens with zero attached hydrogens (tertiary/aromatic N) is 1. The zero-order valence-electron chi connectivity index (χ0n) is 12.7. The van der Waals surface area contributed by atoms with Crippen LogP contribution in [0.3, 0.4) is 0 Å². The second-order valence-corrected chi connectivity index (χ2v) is 7.79. The summed E-state index contributed by atoms with van der Waals surface area (Å²) in [5, 5.41) is 0.0229. The predicted molar refractivity (Wildman–Crippen MR) is 74.4 cm³/mol. The quantitative estimate of drug-likeness (QED) is 0.443. The lowest BCUT2D eigenvalue weighted by Gasteiger charge is -2.38. The molecular formula is C13H19NO6S. The number of fused-ring (bicyclic) bond motifs is 1. The molecule has 2 rings (SSSR count). The Balaban J connectivity index is 2.08. The highest BCUT2D eigenvalue weighted by atomic mass is 32.2. The van der Waals surface area contributed by atoms with Gasteiger partial charge in [0.05, 0.1) is 18.9 Å². The fraction of sp³-hybridized carbons (Fsp3) is 0.769. The third-order valence-corrected chi connectivity index (χ3v) is 4.89. The van der Waals surface area contributed by atoms with E-state index in [0.717, 1.165) is 0 Å². The Bertz CT molecular complexity index is 489. The second-order valence-electron chi connectivity index (χ2n) is 5.96. The van der Waals surface area contributed by atoms with E-state index in [2.05, 4.69) is 4.74 Å². The lowest BCUT2D eigenvalue weighted by molar-refractivity contribution is -0.207. The van der Waals surface area contributed by atoms with Gasteiger partial charge in [0.1, 0.15) is 6.04 Å². The zero-order valence-corrected chi connectivity index (χ0v) is 13.5. The number of ether oxygens (including phenoxy) is 3. The molecule has 1 amide bonds. The van der Waals surface area contributed by atoms with Crippen molar-refractivity contribution in [1.82, 2.24) is 4.90 Å². The molecule has 0 radical (unpaired) electrons. The highest BCUT2D eigenvalue weighted by Gasteiger charge is 2.59. The van der Waals surface area contributed by atoms with Crippen LogP contribution < -0.4 is 0 Å². The monoisotopic (exact) mass is 317 g/mol. The van der Waals surface area contributed by atoms with Gasteiger partial charge in [-0.05, 0) is 13.8 Å². The lowest BCUT2D eigenvalue weighted by Crippen LogP contribution is -2.58. The van der Waals surface area contributed by atoms with Crippen molar-refractivity contribution < 1.29 is 28.6 Å². The van der Waals surface area contributed by atoms with E-state index in [1.54, 1.807) is 16.7 Å². The van der Waals surface area contributed by atoms with E-state index in [9.17, 15) is 14.4 Å². The van der Waals surface area contributed by atoms with Gasteiger partial charge in [-0.2, -0.15) is 0 Å². The summed E-state index contributed by atoms with van der Waals surface area (Å²) in [4.78, 5) is 36.8. The highest BCUT2D eigenvalue weighted by Crippen LogP contribution is 2.51. The van der Waals surface area contributed by atoms with Crippen molar-refractivity contribution in [1.29, 1.82) is 0 Å². The van der Waals surface area contributed by atoms with Crippen molar-refractivity contribution in [3.63, 3.8) is 0 Å². The summed E-state index contributed by atoms with van der Waals surface area (Å²) in [5.74, 6) is -2.11. The molecule has 8 heteroatoms. The summed E-state index contributed by atoms with van der Waals surface area (Å²) >= 11 is 1.57. The number of β-lactam (4-membered cyclic amide) rings is 1. The van der Waals surface area contributed by atoms with Crippen molar-refractivity contribution in [2.75, 3.05) is 7.11 Å². The Morgan fingerprint density at radius 3 is 2.48 bits per heavy atom. The SMILES string of the molecule is COC(=O)OC(C)(C)OC(=O)[C@@H]1N2C(=O)C[C@H]2SC1(C)C. The molecule has 0 saturated carbocycles. The van der Waals surface area contributed by atoms with Gasteiger partial charge >= 0.3 is 12.1 Å². The summed E-state index contributed by atoms with van der Waals surface area (Å²) in [6, 6.07) is -0.686. The summed E-state index contributed by atoms with van der Waals surface area (Å²) in [6.45, 7) is 6.66. The smallest absolute Gasteiger partial charge is 0.438 e. The fourth-order valence-corrected chi connectivity index (χ4v) is 4.14. The zero-order chi connectivity index (χ0) is 16.0. The van der Waals surface area contributed by atoms with Crippen LogP contribution in [0.15, 0.2) is 0 Å². The first-order valence-corrected chi connectivity index (χ1v) is 7.44. The molecule has 0 aromatic heterocycles. The van der Waals surface area contributed by atoms with E-state index in [0.29, 0.717) is 6.42 Å². The van der Waals surface area contributed by atoms with Gasteiger partial charge in [0.25, 0.3) is 5.79 Å². The number of methoxy groups -OCH3 is 1. The molecule has 118 valence electrons. The van der Waals surface area contributed by atoms with Gasteiger partial charge in [-0.15, -0.1) is 11.8 Å². The molecule has 7 nitrogen and oxygen atoms in total. The lowest BCUT2D eigenvalue weighted by atomic mass is 9.98. The Morgan fingerprint density at radius 1 is 1.33 bits per heavy atom. The molecule has 2 fully saturated rings. The Hall–Kier alpha value is -1.44. The molecule has 0 N–H and O–H groups in total. The van der Waals surface area contributed by atoms with Gasteiger partial charge in [0, 0.05) is 18.6 Å². The minimum atomic E-state index is -1.46. The third-order valence-electron chi connectivity index (χ3n) is 3.39. The predicted octanol–water partition coefficient (Wildman–Crippen LogP) is 1.50. The largest absolute Gasteiger partial charge is 0.511 e. The van der Waals surface area contributed by atoms with E-state index in [1.807, 2.05) is 13.8 Å². The van der Waals surface area contributed by atoms with Crippen molar-refractivity contribution >= 4 is 29.8 Å². The molecule has 0 aromatic carbocycles.